The molecule has 4 aromatic rings. The number of hydrogen-bond acceptors (Lipinski definition) is 5. The first-order valence-electron chi connectivity index (χ1n) is 10.9. The van der Waals surface area contributed by atoms with Crippen molar-refractivity contribution in [2.75, 3.05) is 31.1 Å². The van der Waals surface area contributed by atoms with Gasteiger partial charge in [-0.15, -0.1) is 10.2 Å². The van der Waals surface area contributed by atoms with E-state index in [1.165, 1.54) is 5.56 Å². The number of benzene rings is 2. The van der Waals surface area contributed by atoms with Crippen molar-refractivity contribution >= 4 is 28.4 Å². The number of para-hydroxylation sites is 1. The maximum absolute atomic E-state index is 12.5. The van der Waals surface area contributed by atoms with E-state index in [9.17, 15) is 4.79 Å². The third-order valence-corrected chi connectivity index (χ3v) is 6.34. The lowest BCUT2D eigenvalue weighted by atomic mass is 10.1. The van der Waals surface area contributed by atoms with Gasteiger partial charge >= 0.3 is 0 Å². The highest BCUT2D eigenvalue weighted by Gasteiger charge is 2.35. The van der Waals surface area contributed by atoms with Gasteiger partial charge in [-0.05, 0) is 31.9 Å². The van der Waals surface area contributed by atoms with Crippen molar-refractivity contribution in [2.45, 2.75) is 19.8 Å². The minimum Gasteiger partial charge on any atom is -0.339 e. The average molecular weight is 412 g/mol. The Morgan fingerprint density at radius 3 is 2.42 bits per heavy atom. The molecular formula is C24H24N6O. The third-order valence-electron chi connectivity index (χ3n) is 6.34. The predicted octanol–water partition coefficient (Wildman–Crippen LogP) is 3.31. The molecule has 1 saturated heterocycles. The summed E-state index contributed by atoms with van der Waals surface area (Å²) in [6.45, 7) is 5.05. The lowest BCUT2D eigenvalue weighted by Gasteiger charge is -2.35. The van der Waals surface area contributed by atoms with E-state index in [1.54, 1.807) is 0 Å². The first-order valence-corrected chi connectivity index (χ1v) is 10.9. The summed E-state index contributed by atoms with van der Waals surface area (Å²) in [4.78, 5) is 21.8. The second-order valence-electron chi connectivity index (χ2n) is 8.56. The van der Waals surface area contributed by atoms with Crippen LogP contribution in [0.5, 0.6) is 0 Å². The molecule has 1 amide bonds. The van der Waals surface area contributed by atoms with Crippen molar-refractivity contribution in [3.63, 3.8) is 0 Å². The number of anilines is 1. The SMILES string of the molecule is Cc1ccc(-c2nnc3c4ccccc4nc(N4CCN(C(=O)C5CC5)CC4)n23)cc1. The van der Waals surface area contributed by atoms with E-state index in [-0.39, 0.29) is 5.92 Å². The van der Waals surface area contributed by atoms with E-state index in [0.29, 0.717) is 5.91 Å². The lowest BCUT2D eigenvalue weighted by molar-refractivity contribution is -0.132. The van der Waals surface area contributed by atoms with Crippen molar-refractivity contribution in [1.29, 1.82) is 0 Å². The maximum Gasteiger partial charge on any atom is 0.225 e. The Kier molecular flexibility index (Phi) is 4.16. The fourth-order valence-electron chi connectivity index (χ4n) is 4.38. The molecule has 0 N–H and O–H groups in total. The largest absolute Gasteiger partial charge is 0.339 e. The monoisotopic (exact) mass is 412 g/mol. The smallest absolute Gasteiger partial charge is 0.225 e. The summed E-state index contributed by atoms with van der Waals surface area (Å²) in [5.74, 6) is 2.22. The number of piperazine rings is 1. The summed E-state index contributed by atoms with van der Waals surface area (Å²) in [5, 5.41) is 10.1. The van der Waals surface area contributed by atoms with Gasteiger partial charge in [-0.25, -0.2) is 9.38 Å². The zero-order valence-corrected chi connectivity index (χ0v) is 17.5. The van der Waals surface area contributed by atoms with Gasteiger partial charge in [0, 0.05) is 43.0 Å². The first-order chi connectivity index (χ1) is 15.2. The van der Waals surface area contributed by atoms with Gasteiger partial charge in [-0.3, -0.25) is 4.79 Å². The first kappa shape index (κ1) is 18.3. The fourth-order valence-corrected chi connectivity index (χ4v) is 4.38. The Hall–Kier alpha value is -3.48. The molecule has 1 saturated carbocycles. The number of aryl methyl sites for hydroxylation is 1. The highest BCUT2D eigenvalue weighted by Crippen LogP contribution is 2.32. The van der Waals surface area contributed by atoms with Crippen molar-refractivity contribution in [2.24, 2.45) is 5.92 Å². The van der Waals surface area contributed by atoms with E-state index >= 15 is 0 Å². The molecule has 31 heavy (non-hydrogen) atoms. The summed E-state index contributed by atoms with van der Waals surface area (Å²) in [6, 6.07) is 16.4. The molecule has 1 aliphatic carbocycles. The Labute approximate surface area is 180 Å². The van der Waals surface area contributed by atoms with E-state index in [0.717, 1.165) is 72.9 Å². The second kappa shape index (κ2) is 7.04. The fraction of sp³-hybridized carbons (Fsp3) is 0.333. The van der Waals surface area contributed by atoms with Crippen LogP contribution in [0.25, 0.3) is 27.9 Å². The Balaban J connectivity index is 1.45. The summed E-state index contributed by atoms with van der Waals surface area (Å²) in [5.41, 5.74) is 3.94. The van der Waals surface area contributed by atoms with Crippen LogP contribution in [-0.2, 0) is 4.79 Å². The molecule has 6 rings (SSSR count). The van der Waals surface area contributed by atoms with Crippen molar-refractivity contribution in [1.82, 2.24) is 24.5 Å². The minimum atomic E-state index is 0.267. The summed E-state index contributed by atoms with van der Waals surface area (Å²) >= 11 is 0. The molecule has 156 valence electrons. The number of carbonyl (C=O) groups is 1. The van der Waals surface area contributed by atoms with Crippen LogP contribution in [0.3, 0.4) is 0 Å². The molecule has 7 heteroatoms. The van der Waals surface area contributed by atoms with Crippen molar-refractivity contribution in [3.05, 3.63) is 54.1 Å². The lowest BCUT2D eigenvalue weighted by Crippen LogP contribution is -2.50. The molecule has 2 fully saturated rings. The molecule has 2 aromatic carbocycles. The van der Waals surface area contributed by atoms with Gasteiger partial charge in [0.05, 0.1) is 5.52 Å². The van der Waals surface area contributed by atoms with Crippen LogP contribution < -0.4 is 4.90 Å². The van der Waals surface area contributed by atoms with Gasteiger partial charge in [0.2, 0.25) is 11.9 Å². The van der Waals surface area contributed by atoms with Crippen LogP contribution in [0, 0.1) is 12.8 Å². The summed E-state index contributed by atoms with van der Waals surface area (Å²) in [7, 11) is 0. The highest BCUT2D eigenvalue weighted by atomic mass is 16.2. The van der Waals surface area contributed by atoms with Crippen LogP contribution in [0.1, 0.15) is 18.4 Å². The standard InChI is InChI=1S/C24H24N6O/c1-16-6-8-17(9-7-16)21-26-27-22-19-4-2-3-5-20(19)25-24(30(21)22)29-14-12-28(13-15-29)23(31)18-10-11-18/h2-9,18H,10-15H2,1H3. The van der Waals surface area contributed by atoms with Crippen LogP contribution in [0.15, 0.2) is 48.5 Å². The number of amides is 1. The molecule has 0 radical (unpaired) electrons. The highest BCUT2D eigenvalue weighted by molar-refractivity contribution is 5.93. The number of rotatable bonds is 3. The zero-order chi connectivity index (χ0) is 20.9. The molecule has 1 aliphatic heterocycles. The quantitative estimate of drug-likeness (QED) is 0.517. The molecule has 0 spiro atoms. The molecule has 0 bridgehead atoms. The van der Waals surface area contributed by atoms with E-state index in [4.69, 9.17) is 4.98 Å². The van der Waals surface area contributed by atoms with Crippen molar-refractivity contribution < 1.29 is 4.79 Å². The molecule has 3 heterocycles. The summed E-state index contributed by atoms with van der Waals surface area (Å²) in [6.07, 6.45) is 2.10. The average Bonchev–Trinajstić information content (AvgIpc) is 3.57. The number of nitrogens with zero attached hydrogens (tertiary/aromatic N) is 6. The Morgan fingerprint density at radius 2 is 1.68 bits per heavy atom. The van der Waals surface area contributed by atoms with Gasteiger partial charge in [0.25, 0.3) is 0 Å². The van der Waals surface area contributed by atoms with Crippen LogP contribution in [-0.4, -0.2) is 56.6 Å². The number of carbonyl (C=O) groups excluding carboxylic acids is 1. The molecular weight excluding hydrogens is 388 g/mol. The summed E-state index contributed by atoms with van der Waals surface area (Å²) < 4.78 is 2.07. The van der Waals surface area contributed by atoms with Gasteiger partial charge in [0.15, 0.2) is 11.5 Å². The Morgan fingerprint density at radius 1 is 0.935 bits per heavy atom. The van der Waals surface area contributed by atoms with E-state index < -0.39 is 0 Å². The molecule has 7 nitrogen and oxygen atoms in total. The Bertz CT molecular complexity index is 1280. The predicted molar refractivity (Wildman–Crippen MR) is 120 cm³/mol. The van der Waals surface area contributed by atoms with E-state index in [2.05, 4.69) is 50.7 Å². The maximum atomic E-state index is 12.5. The number of aromatic nitrogens is 4. The van der Waals surface area contributed by atoms with Gasteiger partial charge in [0.1, 0.15) is 0 Å². The van der Waals surface area contributed by atoms with Gasteiger partial charge in [-0.1, -0.05) is 42.0 Å². The van der Waals surface area contributed by atoms with Crippen LogP contribution >= 0.6 is 0 Å². The van der Waals surface area contributed by atoms with Gasteiger partial charge in [-0.2, -0.15) is 0 Å². The molecule has 0 unspecified atom stereocenters. The topological polar surface area (TPSA) is 66.6 Å². The molecule has 2 aliphatic rings. The normalized spacial score (nSPS) is 16.9. The second-order valence-corrected chi connectivity index (χ2v) is 8.56. The number of fused-ring (bicyclic) bond motifs is 3. The van der Waals surface area contributed by atoms with E-state index in [1.807, 2.05) is 29.2 Å². The van der Waals surface area contributed by atoms with Crippen molar-refractivity contribution in [3.8, 4) is 11.4 Å². The number of hydrogen-bond donors (Lipinski definition) is 0. The minimum absolute atomic E-state index is 0.267. The molecule has 2 aromatic heterocycles. The third kappa shape index (κ3) is 3.12. The molecule has 0 atom stereocenters. The van der Waals surface area contributed by atoms with Gasteiger partial charge < -0.3 is 9.80 Å². The van der Waals surface area contributed by atoms with Crippen LogP contribution in [0.2, 0.25) is 0 Å². The zero-order valence-electron chi connectivity index (χ0n) is 17.5. The van der Waals surface area contributed by atoms with Crippen LogP contribution in [0.4, 0.5) is 5.95 Å².